The molecule has 2 N–H and O–H groups in total. The summed E-state index contributed by atoms with van der Waals surface area (Å²) in [6.45, 7) is 8.03. The Hall–Kier alpha value is -2.56. The quantitative estimate of drug-likeness (QED) is 0.780. The molecule has 1 heterocycles. The molecule has 5 nitrogen and oxygen atoms in total. The van der Waals surface area contributed by atoms with Gasteiger partial charge >= 0.3 is 0 Å². The lowest BCUT2D eigenvalue weighted by molar-refractivity contribution is -0.116. The van der Waals surface area contributed by atoms with Gasteiger partial charge in [-0.3, -0.25) is 4.79 Å². The lowest BCUT2D eigenvalue weighted by Crippen LogP contribution is -2.13. The molecule has 5 heteroatoms. The summed E-state index contributed by atoms with van der Waals surface area (Å²) < 4.78 is 5.62. The molecular weight excluding hydrogens is 302 g/mol. The van der Waals surface area contributed by atoms with Gasteiger partial charge in [0.15, 0.2) is 0 Å². The van der Waals surface area contributed by atoms with Crippen LogP contribution in [0.25, 0.3) is 0 Å². The fourth-order valence-electron chi connectivity index (χ4n) is 2.16. The first-order valence-corrected chi connectivity index (χ1v) is 8.22. The molecule has 1 aromatic heterocycles. The Labute approximate surface area is 143 Å². The van der Waals surface area contributed by atoms with E-state index in [1.807, 2.05) is 64.1 Å². The first-order valence-electron chi connectivity index (χ1n) is 8.22. The highest BCUT2D eigenvalue weighted by molar-refractivity contribution is 5.90. The molecule has 2 aromatic rings. The summed E-state index contributed by atoms with van der Waals surface area (Å²) >= 11 is 0. The number of nitrogens with one attached hydrogen (secondary N) is 2. The van der Waals surface area contributed by atoms with Crippen molar-refractivity contribution in [1.82, 2.24) is 4.98 Å². The van der Waals surface area contributed by atoms with Crippen molar-refractivity contribution < 1.29 is 9.53 Å². The van der Waals surface area contributed by atoms with Crippen molar-refractivity contribution in [2.75, 3.05) is 10.6 Å². The van der Waals surface area contributed by atoms with E-state index < -0.39 is 0 Å². The van der Waals surface area contributed by atoms with Gasteiger partial charge < -0.3 is 15.4 Å². The van der Waals surface area contributed by atoms with Crippen LogP contribution < -0.4 is 15.4 Å². The Morgan fingerprint density at radius 2 is 1.71 bits per heavy atom. The second-order valence-corrected chi connectivity index (χ2v) is 6.39. The Bertz CT molecular complexity index is 649. The zero-order chi connectivity index (χ0) is 17.5. The molecule has 0 radical (unpaired) electrons. The number of nitrogens with zero attached hydrogens (tertiary/aromatic N) is 1. The third-order valence-corrected chi connectivity index (χ3v) is 3.14. The average molecular weight is 327 g/mol. The lowest BCUT2D eigenvalue weighted by atomic mass is 10.1. The number of amides is 1. The molecule has 0 atom stereocenters. The fourth-order valence-corrected chi connectivity index (χ4v) is 2.16. The maximum Gasteiger partial charge on any atom is 0.224 e. The maximum absolute atomic E-state index is 11.7. The zero-order valence-corrected chi connectivity index (χ0v) is 14.7. The number of hydrogen-bond acceptors (Lipinski definition) is 4. The van der Waals surface area contributed by atoms with Gasteiger partial charge in [-0.15, -0.1) is 0 Å². The highest BCUT2D eigenvalue weighted by Gasteiger charge is 2.06. The van der Waals surface area contributed by atoms with Gasteiger partial charge in [-0.05, 0) is 56.2 Å². The minimum absolute atomic E-state index is 0.00764. The van der Waals surface area contributed by atoms with Gasteiger partial charge in [-0.25, -0.2) is 4.98 Å². The highest BCUT2D eigenvalue weighted by atomic mass is 16.5. The van der Waals surface area contributed by atoms with E-state index in [-0.39, 0.29) is 12.0 Å². The summed E-state index contributed by atoms with van der Waals surface area (Å²) in [7, 11) is 0. The monoisotopic (exact) mass is 327 g/mol. The first-order chi connectivity index (χ1) is 11.4. The number of pyridine rings is 1. The van der Waals surface area contributed by atoms with Crippen LogP contribution in [0.3, 0.4) is 0 Å². The number of benzene rings is 1. The van der Waals surface area contributed by atoms with Crippen LogP contribution in [0.4, 0.5) is 17.2 Å². The third-order valence-electron chi connectivity index (χ3n) is 3.14. The van der Waals surface area contributed by atoms with Crippen molar-refractivity contribution in [1.29, 1.82) is 0 Å². The standard InChI is InChI=1S/C19H25N3O2/c1-13(2)11-19(23)22-16-7-10-18(20-12-16)21-15-5-8-17(9-6-15)24-14(3)4/h5-10,12-14H,11H2,1-4H3,(H,20,21)(H,22,23). The van der Waals surface area contributed by atoms with Crippen molar-refractivity contribution >= 4 is 23.1 Å². The molecule has 0 aliphatic carbocycles. The summed E-state index contributed by atoms with van der Waals surface area (Å²) in [4.78, 5) is 16.1. The van der Waals surface area contributed by atoms with E-state index in [0.29, 0.717) is 18.0 Å². The van der Waals surface area contributed by atoms with Crippen molar-refractivity contribution in [3.8, 4) is 5.75 Å². The van der Waals surface area contributed by atoms with E-state index >= 15 is 0 Å². The predicted molar refractivity (Wildman–Crippen MR) is 97.8 cm³/mol. The molecule has 0 aliphatic rings. The minimum Gasteiger partial charge on any atom is -0.491 e. The molecule has 0 unspecified atom stereocenters. The van der Waals surface area contributed by atoms with Crippen LogP contribution in [0.5, 0.6) is 5.75 Å². The van der Waals surface area contributed by atoms with Crippen LogP contribution in [0.2, 0.25) is 0 Å². The topological polar surface area (TPSA) is 63.2 Å². The number of hydrogen-bond donors (Lipinski definition) is 2. The average Bonchev–Trinajstić information content (AvgIpc) is 2.50. The molecule has 2 rings (SSSR count). The molecule has 1 aromatic carbocycles. The molecular formula is C19H25N3O2. The van der Waals surface area contributed by atoms with E-state index in [4.69, 9.17) is 4.74 Å². The zero-order valence-electron chi connectivity index (χ0n) is 14.7. The molecule has 0 spiro atoms. The molecule has 0 saturated carbocycles. The van der Waals surface area contributed by atoms with Gasteiger partial charge in [0.05, 0.1) is 18.0 Å². The van der Waals surface area contributed by atoms with E-state index in [2.05, 4.69) is 15.6 Å². The summed E-state index contributed by atoms with van der Waals surface area (Å²) in [6.07, 6.45) is 2.31. The fraction of sp³-hybridized carbons (Fsp3) is 0.368. The Kier molecular flexibility index (Phi) is 6.18. The van der Waals surface area contributed by atoms with E-state index in [1.54, 1.807) is 6.20 Å². The number of rotatable bonds is 7. The summed E-state index contributed by atoms with van der Waals surface area (Å²) in [5, 5.41) is 6.06. The first kappa shape index (κ1) is 17.8. The minimum atomic E-state index is 0.00764. The number of carbonyl (C=O) groups excluding carboxylic acids is 1. The van der Waals surface area contributed by atoms with Crippen LogP contribution in [-0.4, -0.2) is 17.0 Å². The molecule has 24 heavy (non-hydrogen) atoms. The molecule has 0 fully saturated rings. The van der Waals surface area contributed by atoms with Crippen LogP contribution in [-0.2, 0) is 4.79 Å². The number of ether oxygens (including phenoxy) is 1. The van der Waals surface area contributed by atoms with E-state index in [9.17, 15) is 4.79 Å². The van der Waals surface area contributed by atoms with Crippen LogP contribution in [0, 0.1) is 5.92 Å². The summed E-state index contributed by atoms with van der Waals surface area (Å²) in [6, 6.07) is 11.4. The molecule has 1 amide bonds. The number of carbonyl (C=O) groups is 1. The van der Waals surface area contributed by atoms with Gasteiger partial charge in [0.25, 0.3) is 0 Å². The Morgan fingerprint density at radius 3 is 2.25 bits per heavy atom. The van der Waals surface area contributed by atoms with E-state index in [0.717, 1.165) is 17.3 Å². The smallest absolute Gasteiger partial charge is 0.224 e. The number of aromatic nitrogens is 1. The molecule has 128 valence electrons. The molecule has 0 bridgehead atoms. The van der Waals surface area contributed by atoms with Gasteiger partial charge in [-0.1, -0.05) is 13.8 Å². The third kappa shape index (κ3) is 5.91. The van der Waals surface area contributed by atoms with Crippen molar-refractivity contribution in [3.05, 3.63) is 42.6 Å². The molecule has 0 aliphatic heterocycles. The highest BCUT2D eigenvalue weighted by Crippen LogP contribution is 2.20. The van der Waals surface area contributed by atoms with Gasteiger partial charge in [0.1, 0.15) is 11.6 Å². The summed E-state index contributed by atoms with van der Waals surface area (Å²) in [5.74, 6) is 1.90. The SMILES string of the molecule is CC(C)CC(=O)Nc1ccc(Nc2ccc(OC(C)C)cc2)nc1. The van der Waals surface area contributed by atoms with Crippen molar-refractivity contribution in [2.45, 2.75) is 40.2 Å². The maximum atomic E-state index is 11.7. The molecule has 0 saturated heterocycles. The van der Waals surface area contributed by atoms with Crippen LogP contribution in [0.1, 0.15) is 34.1 Å². The van der Waals surface area contributed by atoms with Crippen molar-refractivity contribution in [2.24, 2.45) is 5.92 Å². The van der Waals surface area contributed by atoms with Crippen molar-refractivity contribution in [3.63, 3.8) is 0 Å². The van der Waals surface area contributed by atoms with E-state index in [1.165, 1.54) is 0 Å². The Morgan fingerprint density at radius 1 is 1.04 bits per heavy atom. The van der Waals surface area contributed by atoms with Crippen LogP contribution in [0.15, 0.2) is 42.6 Å². The van der Waals surface area contributed by atoms with Crippen LogP contribution >= 0.6 is 0 Å². The van der Waals surface area contributed by atoms with Gasteiger partial charge in [0.2, 0.25) is 5.91 Å². The predicted octanol–water partition coefficient (Wildman–Crippen LogP) is 4.60. The largest absolute Gasteiger partial charge is 0.491 e. The Balaban J connectivity index is 1.92. The van der Waals surface area contributed by atoms with Gasteiger partial charge in [-0.2, -0.15) is 0 Å². The lowest BCUT2D eigenvalue weighted by Gasteiger charge is -2.11. The second kappa shape index (κ2) is 8.34. The van der Waals surface area contributed by atoms with Gasteiger partial charge in [0, 0.05) is 12.1 Å². The summed E-state index contributed by atoms with van der Waals surface area (Å²) in [5.41, 5.74) is 1.63. The number of anilines is 3. The normalized spacial score (nSPS) is 10.8. The second-order valence-electron chi connectivity index (χ2n) is 6.39.